The molecule has 4 heteroatoms. The lowest BCUT2D eigenvalue weighted by molar-refractivity contribution is 0.279. The lowest BCUT2D eigenvalue weighted by Gasteiger charge is -2.29. The van der Waals surface area contributed by atoms with Gasteiger partial charge in [-0.25, -0.2) is 4.98 Å². The Morgan fingerprint density at radius 3 is 2.95 bits per heavy atom. The van der Waals surface area contributed by atoms with Gasteiger partial charge >= 0.3 is 0 Å². The fourth-order valence-corrected chi connectivity index (χ4v) is 3.32. The van der Waals surface area contributed by atoms with Crippen molar-refractivity contribution in [2.75, 3.05) is 0 Å². The summed E-state index contributed by atoms with van der Waals surface area (Å²) < 4.78 is 1.85. The molecule has 1 N–H and O–H groups in total. The van der Waals surface area contributed by atoms with E-state index in [0.29, 0.717) is 6.04 Å². The Morgan fingerprint density at radius 2 is 2.15 bits per heavy atom. The van der Waals surface area contributed by atoms with Crippen LogP contribution in [0.4, 0.5) is 0 Å². The second kappa shape index (κ2) is 5.52. The van der Waals surface area contributed by atoms with Crippen molar-refractivity contribution in [1.29, 1.82) is 0 Å². The predicted molar refractivity (Wildman–Crippen MR) is 81.5 cm³/mol. The number of nitrogens with one attached hydrogen (secondary N) is 1. The van der Waals surface area contributed by atoms with Gasteiger partial charge in [-0.3, -0.25) is 4.68 Å². The topological polar surface area (TPSA) is 42.7 Å². The molecule has 0 aliphatic heterocycles. The van der Waals surface area contributed by atoms with Crippen LogP contribution in [-0.2, 0) is 13.6 Å². The van der Waals surface area contributed by atoms with E-state index in [1.807, 2.05) is 24.9 Å². The van der Waals surface area contributed by atoms with Crippen molar-refractivity contribution in [3.8, 4) is 0 Å². The Balaban J connectivity index is 1.72. The number of hydrogen-bond acceptors (Lipinski definition) is 3. The molecule has 2 aromatic heterocycles. The highest BCUT2D eigenvalue weighted by molar-refractivity contribution is 5.78. The Bertz CT molecular complexity index is 602. The van der Waals surface area contributed by atoms with Gasteiger partial charge in [0.1, 0.15) is 0 Å². The maximum atomic E-state index is 4.54. The van der Waals surface area contributed by atoms with Crippen LogP contribution in [0.3, 0.4) is 0 Å². The van der Waals surface area contributed by atoms with Crippen molar-refractivity contribution in [1.82, 2.24) is 20.1 Å². The molecule has 108 valence electrons. The largest absolute Gasteiger partial charge is 0.310 e. The number of hydrogen-bond donors (Lipinski definition) is 1. The van der Waals surface area contributed by atoms with Crippen molar-refractivity contribution in [2.45, 2.75) is 52.1 Å². The average Bonchev–Trinajstić information content (AvgIpc) is 2.73. The van der Waals surface area contributed by atoms with Crippen molar-refractivity contribution < 1.29 is 0 Å². The van der Waals surface area contributed by atoms with Crippen molar-refractivity contribution in [3.05, 3.63) is 23.5 Å². The van der Waals surface area contributed by atoms with E-state index in [9.17, 15) is 0 Å². The third kappa shape index (κ3) is 2.57. The molecule has 1 saturated carbocycles. The van der Waals surface area contributed by atoms with Gasteiger partial charge in [-0.1, -0.05) is 19.8 Å². The summed E-state index contributed by atoms with van der Waals surface area (Å²) in [4.78, 5) is 4.54. The summed E-state index contributed by atoms with van der Waals surface area (Å²) in [7, 11) is 1.95. The first kappa shape index (κ1) is 13.6. The molecule has 1 aliphatic rings. The van der Waals surface area contributed by atoms with E-state index < -0.39 is 0 Å². The lowest BCUT2D eigenvalue weighted by atomic mass is 9.86. The van der Waals surface area contributed by atoms with Gasteiger partial charge in [0.2, 0.25) is 0 Å². The molecule has 0 bridgehead atoms. The number of pyridine rings is 1. The minimum atomic E-state index is 0.662. The van der Waals surface area contributed by atoms with Gasteiger partial charge in [-0.15, -0.1) is 0 Å². The molecule has 0 saturated heterocycles. The number of rotatable bonds is 3. The summed E-state index contributed by atoms with van der Waals surface area (Å²) in [5, 5.41) is 9.31. The minimum Gasteiger partial charge on any atom is -0.310 e. The molecule has 1 aliphatic carbocycles. The summed E-state index contributed by atoms with van der Waals surface area (Å²) in [6, 6.07) is 2.89. The zero-order valence-corrected chi connectivity index (χ0v) is 12.7. The standard InChI is InChI=1S/C16H24N4/c1-11-6-4-5-7-15(11)17-9-13-8-14-12(2)19-20(3)16(14)18-10-13/h8,10-11,15,17H,4-7,9H2,1-3H3. The highest BCUT2D eigenvalue weighted by Gasteiger charge is 2.20. The molecule has 2 atom stereocenters. The quantitative estimate of drug-likeness (QED) is 0.934. The van der Waals surface area contributed by atoms with Crippen molar-refractivity contribution in [3.63, 3.8) is 0 Å². The molecule has 2 unspecified atom stereocenters. The zero-order chi connectivity index (χ0) is 14.1. The Kier molecular flexibility index (Phi) is 3.74. The highest BCUT2D eigenvalue weighted by atomic mass is 15.3. The Labute approximate surface area is 120 Å². The van der Waals surface area contributed by atoms with Crippen LogP contribution in [0.25, 0.3) is 11.0 Å². The van der Waals surface area contributed by atoms with Crippen LogP contribution in [0.5, 0.6) is 0 Å². The SMILES string of the molecule is Cc1nn(C)c2ncc(CNC3CCCCC3C)cc12. The third-order valence-corrected chi connectivity index (χ3v) is 4.60. The summed E-state index contributed by atoms with van der Waals surface area (Å²) in [5.74, 6) is 0.792. The van der Waals surface area contributed by atoms with Gasteiger partial charge in [0.05, 0.1) is 5.69 Å². The van der Waals surface area contributed by atoms with Gasteiger partial charge in [0.25, 0.3) is 0 Å². The minimum absolute atomic E-state index is 0.662. The molecule has 2 heterocycles. The number of aryl methyl sites for hydroxylation is 2. The van der Waals surface area contributed by atoms with Crippen LogP contribution >= 0.6 is 0 Å². The molecule has 2 aromatic rings. The van der Waals surface area contributed by atoms with Crippen LogP contribution in [0.1, 0.15) is 43.9 Å². The highest BCUT2D eigenvalue weighted by Crippen LogP contribution is 2.24. The third-order valence-electron chi connectivity index (χ3n) is 4.60. The van der Waals surface area contributed by atoms with Crippen LogP contribution in [-0.4, -0.2) is 20.8 Å². The number of nitrogens with zero attached hydrogens (tertiary/aromatic N) is 3. The first-order valence-corrected chi connectivity index (χ1v) is 7.67. The Morgan fingerprint density at radius 1 is 1.35 bits per heavy atom. The molecule has 0 amide bonds. The smallest absolute Gasteiger partial charge is 0.157 e. The number of aromatic nitrogens is 3. The fraction of sp³-hybridized carbons (Fsp3) is 0.625. The molecular formula is C16H24N4. The molecular weight excluding hydrogens is 248 g/mol. The van der Waals surface area contributed by atoms with Crippen LogP contribution in [0.15, 0.2) is 12.3 Å². The maximum Gasteiger partial charge on any atom is 0.157 e. The monoisotopic (exact) mass is 272 g/mol. The van der Waals surface area contributed by atoms with E-state index >= 15 is 0 Å². The lowest BCUT2D eigenvalue weighted by Crippen LogP contribution is -2.36. The normalized spacial score (nSPS) is 23.4. The van der Waals surface area contributed by atoms with Crippen LogP contribution < -0.4 is 5.32 Å². The molecule has 0 spiro atoms. The van der Waals surface area contributed by atoms with Crippen molar-refractivity contribution in [2.24, 2.45) is 13.0 Å². The van der Waals surface area contributed by atoms with Gasteiger partial charge in [0, 0.05) is 31.2 Å². The van der Waals surface area contributed by atoms with Gasteiger partial charge in [-0.2, -0.15) is 5.10 Å². The second-order valence-corrected chi connectivity index (χ2v) is 6.17. The van der Waals surface area contributed by atoms with Crippen molar-refractivity contribution >= 4 is 11.0 Å². The first-order chi connectivity index (χ1) is 9.65. The number of fused-ring (bicyclic) bond motifs is 1. The summed E-state index contributed by atoms with van der Waals surface area (Å²) in [5.41, 5.74) is 3.28. The summed E-state index contributed by atoms with van der Waals surface area (Å²) >= 11 is 0. The van der Waals surface area contributed by atoms with Gasteiger partial charge in [0.15, 0.2) is 5.65 Å². The first-order valence-electron chi connectivity index (χ1n) is 7.67. The van der Waals surface area contributed by atoms with Crippen LogP contribution in [0, 0.1) is 12.8 Å². The molecule has 20 heavy (non-hydrogen) atoms. The summed E-state index contributed by atoms with van der Waals surface area (Å²) in [6.45, 7) is 5.32. The van der Waals surface area contributed by atoms with E-state index in [4.69, 9.17) is 0 Å². The van der Waals surface area contributed by atoms with E-state index in [-0.39, 0.29) is 0 Å². The molecule has 3 rings (SSSR count). The molecule has 0 radical (unpaired) electrons. The maximum absolute atomic E-state index is 4.54. The second-order valence-electron chi connectivity index (χ2n) is 6.17. The van der Waals surface area contributed by atoms with Crippen LogP contribution in [0.2, 0.25) is 0 Å². The van der Waals surface area contributed by atoms with E-state index in [0.717, 1.165) is 23.8 Å². The Hall–Kier alpha value is -1.42. The van der Waals surface area contributed by atoms with E-state index in [1.165, 1.54) is 36.6 Å². The molecule has 1 fully saturated rings. The van der Waals surface area contributed by atoms with E-state index in [2.05, 4.69) is 28.4 Å². The fourth-order valence-electron chi connectivity index (χ4n) is 3.32. The van der Waals surface area contributed by atoms with Gasteiger partial charge in [-0.05, 0) is 37.3 Å². The van der Waals surface area contributed by atoms with E-state index in [1.54, 1.807) is 0 Å². The average molecular weight is 272 g/mol. The molecule has 0 aromatic carbocycles. The van der Waals surface area contributed by atoms with Gasteiger partial charge < -0.3 is 5.32 Å². The predicted octanol–water partition coefficient (Wildman–Crippen LogP) is 2.95. The zero-order valence-electron chi connectivity index (χ0n) is 12.7. The summed E-state index contributed by atoms with van der Waals surface area (Å²) in [6.07, 6.45) is 7.39. The molecule has 4 nitrogen and oxygen atoms in total.